The maximum Gasteiger partial charge on any atom is 0.255 e. The van der Waals surface area contributed by atoms with Crippen molar-refractivity contribution in [1.82, 2.24) is 9.88 Å². The van der Waals surface area contributed by atoms with Crippen LogP contribution < -0.4 is 5.73 Å². The van der Waals surface area contributed by atoms with Crippen molar-refractivity contribution in [1.29, 1.82) is 0 Å². The van der Waals surface area contributed by atoms with Gasteiger partial charge in [-0.05, 0) is 67.6 Å². The molecule has 0 unspecified atom stereocenters. The van der Waals surface area contributed by atoms with Crippen molar-refractivity contribution in [3.05, 3.63) is 81.9 Å². The first kappa shape index (κ1) is 29.5. The van der Waals surface area contributed by atoms with Crippen LogP contribution in [0, 0.1) is 11.8 Å². The number of hydrogen-bond donors (Lipinski definition) is 5. The van der Waals surface area contributed by atoms with Crippen LogP contribution in [0.3, 0.4) is 0 Å². The number of ketones is 2. The lowest BCUT2D eigenvalue weighted by Crippen LogP contribution is -2.63. The molecule has 0 saturated heterocycles. The number of pyridine rings is 1. The van der Waals surface area contributed by atoms with E-state index in [1.54, 1.807) is 20.3 Å². The summed E-state index contributed by atoms with van der Waals surface area (Å²) in [5.74, 6) is -6.72. The number of aromatic nitrogens is 1. The van der Waals surface area contributed by atoms with E-state index in [0.717, 1.165) is 16.5 Å². The molecule has 6 N–H and O–H groups in total. The number of benzene rings is 2. The summed E-state index contributed by atoms with van der Waals surface area (Å²) >= 11 is 0. The molecule has 1 aromatic heterocycles. The topological polar surface area (TPSA) is 174 Å². The number of carbonyl (C=O) groups excluding carboxylic acids is 3. The van der Waals surface area contributed by atoms with Crippen molar-refractivity contribution in [3.8, 4) is 16.9 Å². The predicted molar refractivity (Wildman–Crippen MR) is 163 cm³/mol. The van der Waals surface area contributed by atoms with E-state index in [0.29, 0.717) is 16.7 Å². The van der Waals surface area contributed by atoms with Gasteiger partial charge in [0.2, 0.25) is 5.78 Å². The van der Waals surface area contributed by atoms with Gasteiger partial charge < -0.3 is 26.2 Å². The maximum atomic E-state index is 14.4. The third kappa shape index (κ3) is 4.01. The molecular formula is C34H35N3O7. The normalized spacial score (nSPS) is 25.3. The van der Waals surface area contributed by atoms with Crippen molar-refractivity contribution in [2.45, 2.75) is 50.7 Å². The van der Waals surface area contributed by atoms with Gasteiger partial charge in [-0.1, -0.05) is 39.0 Å². The second kappa shape index (κ2) is 9.73. The Morgan fingerprint density at radius 3 is 2.41 bits per heavy atom. The zero-order valence-electron chi connectivity index (χ0n) is 25.2. The fourth-order valence-electron chi connectivity index (χ4n) is 7.37. The van der Waals surface area contributed by atoms with E-state index in [-0.39, 0.29) is 29.7 Å². The lowest BCUT2D eigenvalue weighted by molar-refractivity contribution is -0.148. The summed E-state index contributed by atoms with van der Waals surface area (Å²) in [4.78, 5) is 46.4. The van der Waals surface area contributed by atoms with Crippen molar-refractivity contribution in [2.75, 3.05) is 14.1 Å². The number of para-hydroxylation sites is 1. The quantitative estimate of drug-likeness (QED) is 0.282. The van der Waals surface area contributed by atoms with Crippen molar-refractivity contribution >= 4 is 28.4 Å². The second-order valence-electron chi connectivity index (χ2n) is 13.3. The van der Waals surface area contributed by atoms with E-state index in [1.807, 2.05) is 57.2 Å². The summed E-state index contributed by atoms with van der Waals surface area (Å²) in [6.45, 7) is 5.72. The highest BCUT2D eigenvalue weighted by atomic mass is 16.3. The molecule has 1 heterocycles. The molecule has 228 valence electrons. The van der Waals surface area contributed by atoms with Crippen LogP contribution in [0.5, 0.6) is 5.75 Å². The van der Waals surface area contributed by atoms with Gasteiger partial charge in [-0.3, -0.25) is 24.3 Å². The molecule has 0 bridgehead atoms. The Bertz CT molecular complexity index is 1870. The molecule has 0 aliphatic heterocycles. The number of rotatable bonds is 3. The monoisotopic (exact) mass is 597 g/mol. The van der Waals surface area contributed by atoms with Crippen LogP contribution in [0.2, 0.25) is 0 Å². The summed E-state index contributed by atoms with van der Waals surface area (Å²) in [5, 5.41) is 47.1. The van der Waals surface area contributed by atoms with Crippen LogP contribution in [0.25, 0.3) is 22.0 Å². The van der Waals surface area contributed by atoms with E-state index in [2.05, 4.69) is 4.98 Å². The highest BCUT2D eigenvalue weighted by Crippen LogP contribution is 2.54. The molecule has 44 heavy (non-hydrogen) atoms. The van der Waals surface area contributed by atoms with Crippen LogP contribution in [0.1, 0.15) is 48.7 Å². The molecule has 1 amide bonds. The predicted octanol–water partition coefficient (Wildman–Crippen LogP) is 3.63. The number of aliphatic hydroxyl groups excluding tert-OH is 2. The first-order chi connectivity index (χ1) is 20.6. The highest BCUT2D eigenvalue weighted by molar-refractivity contribution is 6.25. The first-order valence-electron chi connectivity index (χ1n) is 14.5. The minimum atomic E-state index is -2.69. The summed E-state index contributed by atoms with van der Waals surface area (Å²) in [6.07, 6.45) is 1.93. The van der Waals surface area contributed by atoms with Gasteiger partial charge in [0.25, 0.3) is 5.91 Å². The fourth-order valence-corrected chi connectivity index (χ4v) is 7.37. The number of phenols is 1. The van der Waals surface area contributed by atoms with E-state index in [4.69, 9.17) is 5.73 Å². The zero-order chi connectivity index (χ0) is 32.0. The maximum absolute atomic E-state index is 14.4. The number of hydrogen-bond acceptors (Lipinski definition) is 9. The molecule has 2 aromatic carbocycles. The third-order valence-electron chi connectivity index (χ3n) is 9.43. The van der Waals surface area contributed by atoms with Crippen LogP contribution in [0.15, 0.2) is 65.3 Å². The Labute approximate surface area is 254 Å². The van der Waals surface area contributed by atoms with Gasteiger partial charge in [-0.2, -0.15) is 0 Å². The average molecular weight is 598 g/mol. The molecular weight excluding hydrogens is 562 g/mol. The minimum absolute atomic E-state index is 0.0126. The summed E-state index contributed by atoms with van der Waals surface area (Å²) in [7, 11) is 3.20. The van der Waals surface area contributed by atoms with Crippen molar-refractivity contribution in [3.63, 3.8) is 0 Å². The lowest BCUT2D eigenvalue weighted by Gasteiger charge is -2.50. The van der Waals surface area contributed by atoms with E-state index >= 15 is 0 Å². The molecule has 0 spiro atoms. The Morgan fingerprint density at radius 1 is 1.09 bits per heavy atom. The van der Waals surface area contributed by atoms with Gasteiger partial charge in [0.15, 0.2) is 11.4 Å². The molecule has 3 aliphatic rings. The summed E-state index contributed by atoms with van der Waals surface area (Å²) in [6, 6.07) is 10.4. The number of aliphatic hydroxyl groups is 3. The minimum Gasteiger partial charge on any atom is -0.510 e. The molecule has 6 rings (SSSR count). The number of amides is 1. The smallest absolute Gasteiger partial charge is 0.255 e. The number of nitrogens with zero attached hydrogens (tertiary/aromatic N) is 2. The van der Waals surface area contributed by atoms with Crippen LogP contribution >= 0.6 is 0 Å². The molecule has 10 nitrogen and oxygen atoms in total. The molecule has 10 heteroatoms. The van der Waals surface area contributed by atoms with Gasteiger partial charge in [0, 0.05) is 34.2 Å². The third-order valence-corrected chi connectivity index (χ3v) is 9.43. The number of primary amides is 1. The fraction of sp³-hybridized carbons (Fsp3) is 0.353. The lowest BCUT2D eigenvalue weighted by atomic mass is 9.58. The number of carbonyl (C=O) groups is 3. The summed E-state index contributed by atoms with van der Waals surface area (Å²) < 4.78 is 0. The number of likely N-dealkylation sites (N-methyl/N-ethyl adjacent to an activating group) is 1. The van der Waals surface area contributed by atoms with Crippen molar-refractivity contribution in [2.24, 2.45) is 17.6 Å². The Kier molecular flexibility index (Phi) is 6.53. The second-order valence-corrected chi connectivity index (χ2v) is 13.3. The molecule has 4 atom stereocenters. The average Bonchev–Trinajstić information content (AvgIpc) is 2.94. The van der Waals surface area contributed by atoms with E-state index < -0.39 is 63.5 Å². The Balaban J connectivity index is 1.61. The number of fused-ring (bicyclic) bond motifs is 4. The Hall–Kier alpha value is -4.54. The first-order valence-corrected chi connectivity index (χ1v) is 14.5. The van der Waals surface area contributed by atoms with Crippen LogP contribution in [-0.4, -0.2) is 73.5 Å². The molecule has 0 fully saturated rings. The number of phenolic OH excluding ortho intramolecular Hbond substituents is 1. The number of aromatic hydroxyl groups is 1. The standard InChI is InChI=1S/C34H35N3O7/c1-33(2,3)21-13-18(17-10-15-8-6-7-9-22(15)36-14-17)19-11-16-12-20-26(37(4)5)29(40)25(32(35)43)31(42)34(20,44)30(41)23(16)28(39)24(19)27(21)38/h6-10,13-14,16,20,26,38,40-41,44H,11-12H2,1-5H3,(H2,35,43)/t16-,20-,26-,34-/m0/s1. The van der Waals surface area contributed by atoms with Crippen molar-refractivity contribution < 1.29 is 34.8 Å². The Morgan fingerprint density at radius 2 is 1.77 bits per heavy atom. The molecule has 3 aromatic rings. The van der Waals surface area contributed by atoms with E-state index in [9.17, 15) is 34.8 Å². The summed E-state index contributed by atoms with van der Waals surface area (Å²) in [5.41, 5.74) is 4.45. The molecule has 3 aliphatic carbocycles. The zero-order valence-corrected chi connectivity index (χ0v) is 25.2. The van der Waals surface area contributed by atoms with Crippen LogP contribution in [0.4, 0.5) is 0 Å². The largest absolute Gasteiger partial charge is 0.510 e. The highest BCUT2D eigenvalue weighted by Gasteiger charge is 2.63. The van der Waals surface area contributed by atoms with Gasteiger partial charge in [-0.15, -0.1) is 0 Å². The van der Waals surface area contributed by atoms with E-state index in [1.165, 1.54) is 4.90 Å². The number of allylic oxidation sites excluding steroid dienone is 1. The number of Topliss-reactive ketones (excluding diaryl/α,β-unsaturated/α-hetero) is 2. The van der Waals surface area contributed by atoms with Gasteiger partial charge in [0.1, 0.15) is 22.8 Å². The van der Waals surface area contributed by atoms with Gasteiger partial charge in [0.05, 0.1) is 17.1 Å². The number of nitrogens with two attached hydrogens (primary N) is 1. The van der Waals surface area contributed by atoms with Gasteiger partial charge >= 0.3 is 0 Å². The molecule has 0 radical (unpaired) electrons. The van der Waals surface area contributed by atoms with Crippen LogP contribution in [-0.2, 0) is 21.4 Å². The molecule has 0 saturated carbocycles. The SMILES string of the molecule is CN(C)[C@@H]1C(O)=C(C(N)=O)C(=O)[C@@]2(O)C(O)=C3C(=O)c4c(O)c(C(C)(C)C)cc(-c5cnc6ccccc6c5)c4C[C@H]3C[C@@H]12. The van der Waals surface area contributed by atoms with Gasteiger partial charge in [-0.25, -0.2) is 0 Å².